The lowest BCUT2D eigenvalue weighted by atomic mass is 10.1. The number of hydrogen-bond donors (Lipinski definition) is 3. The molecule has 188 valence electrons. The monoisotopic (exact) mass is 502 g/mol. The number of halogens is 1. The van der Waals surface area contributed by atoms with Crippen LogP contribution in [0.3, 0.4) is 0 Å². The Bertz CT molecular complexity index is 1050. The van der Waals surface area contributed by atoms with Crippen molar-refractivity contribution < 1.29 is 23.9 Å². The lowest BCUT2D eigenvalue weighted by Gasteiger charge is -2.14. The summed E-state index contributed by atoms with van der Waals surface area (Å²) in [6.45, 7) is 8.12. The second kappa shape index (κ2) is 14.0. The Morgan fingerprint density at radius 1 is 1.06 bits per heavy atom. The van der Waals surface area contributed by atoms with Crippen molar-refractivity contribution in [3.05, 3.63) is 52.5 Å². The van der Waals surface area contributed by atoms with Gasteiger partial charge in [-0.3, -0.25) is 14.4 Å². The van der Waals surface area contributed by atoms with E-state index >= 15 is 0 Å². The summed E-state index contributed by atoms with van der Waals surface area (Å²) in [5.41, 5.74) is 4.49. The number of ether oxygens (including phenoxy) is 2. The molecule has 3 amide bonds. The predicted molar refractivity (Wildman–Crippen MR) is 136 cm³/mol. The van der Waals surface area contributed by atoms with Gasteiger partial charge in [0.25, 0.3) is 5.91 Å². The molecular weight excluding hydrogens is 472 g/mol. The van der Waals surface area contributed by atoms with Crippen LogP contribution in [-0.2, 0) is 20.8 Å². The lowest BCUT2D eigenvalue weighted by molar-refractivity contribution is -0.139. The van der Waals surface area contributed by atoms with Gasteiger partial charge in [0.2, 0.25) is 0 Å². The molecule has 2 aromatic rings. The van der Waals surface area contributed by atoms with Crippen molar-refractivity contribution in [1.82, 2.24) is 10.7 Å². The molecule has 35 heavy (non-hydrogen) atoms. The SMILES string of the molecule is CCOc1cc(/C=N\NC(=O)C(=O)NCC(C)C)cc(Cl)c1OCC(=O)Nc1ccc(CC)cc1. The molecule has 2 rings (SSSR count). The third kappa shape index (κ3) is 9.29. The Balaban J connectivity index is 2.01. The van der Waals surface area contributed by atoms with Crippen LogP contribution in [0.15, 0.2) is 41.5 Å². The van der Waals surface area contributed by atoms with Gasteiger partial charge in [-0.1, -0.05) is 44.5 Å². The Hall–Kier alpha value is -3.59. The van der Waals surface area contributed by atoms with Crippen molar-refractivity contribution in [2.75, 3.05) is 25.1 Å². The highest BCUT2D eigenvalue weighted by atomic mass is 35.5. The molecule has 0 saturated heterocycles. The molecule has 0 spiro atoms. The topological polar surface area (TPSA) is 118 Å². The Labute approximate surface area is 210 Å². The maximum Gasteiger partial charge on any atom is 0.329 e. The van der Waals surface area contributed by atoms with Crippen molar-refractivity contribution in [2.45, 2.75) is 34.1 Å². The maximum absolute atomic E-state index is 12.3. The fourth-order valence-corrected chi connectivity index (χ4v) is 3.09. The van der Waals surface area contributed by atoms with E-state index < -0.39 is 11.8 Å². The minimum absolute atomic E-state index is 0.193. The molecule has 9 nitrogen and oxygen atoms in total. The van der Waals surface area contributed by atoms with E-state index in [0.717, 1.165) is 6.42 Å². The van der Waals surface area contributed by atoms with E-state index in [1.54, 1.807) is 13.0 Å². The van der Waals surface area contributed by atoms with E-state index in [1.807, 2.05) is 38.1 Å². The van der Waals surface area contributed by atoms with Gasteiger partial charge in [-0.05, 0) is 54.7 Å². The number of aryl methyl sites for hydroxylation is 1. The average Bonchev–Trinajstić information content (AvgIpc) is 2.82. The van der Waals surface area contributed by atoms with E-state index in [1.165, 1.54) is 17.8 Å². The van der Waals surface area contributed by atoms with Crippen LogP contribution in [0, 0.1) is 5.92 Å². The lowest BCUT2D eigenvalue weighted by Crippen LogP contribution is -2.39. The third-order valence-electron chi connectivity index (χ3n) is 4.58. The first-order chi connectivity index (χ1) is 16.7. The fourth-order valence-electron chi connectivity index (χ4n) is 2.82. The molecule has 0 atom stereocenters. The molecule has 0 fully saturated rings. The quantitative estimate of drug-likeness (QED) is 0.247. The van der Waals surface area contributed by atoms with Crippen LogP contribution in [-0.4, -0.2) is 43.7 Å². The third-order valence-corrected chi connectivity index (χ3v) is 4.86. The summed E-state index contributed by atoms with van der Waals surface area (Å²) in [6.07, 6.45) is 2.23. The minimum atomic E-state index is -0.881. The summed E-state index contributed by atoms with van der Waals surface area (Å²) in [6, 6.07) is 10.7. The molecule has 0 bridgehead atoms. The largest absolute Gasteiger partial charge is 0.490 e. The van der Waals surface area contributed by atoms with Gasteiger partial charge >= 0.3 is 11.8 Å². The minimum Gasteiger partial charge on any atom is -0.490 e. The molecule has 0 unspecified atom stereocenters. The molecule has 10 heteroatoms. The summed E-state index contributed by atoms with van der Waals surface area (Å²) < 4.78 is 11.2. The van der Waals surface area contributed by atoms with E-state index in [4.69, 9.17) is 21.1 Å². The summed E-state index contributed by atoms with van der Waals surface area (Å²) in [4.78, 5) is 35.8. The molecule has 0 saturated carbocycles. The van der Waals surface area contributed by atoms with E-state index in [-0.39, 0.29) is 29.2 Å². The standard InChI is InChI=1S/C25H31ClN4O5/c1-5-17-7-9-19(10-8-17)29-22(31)15-35-23-20(26)11-18(12-21(23)34-6-2)14-28-30-25(33)24(32)27-13-16(3)4/h7-12,14,16H,5-6,13,15H2,1-4H3,(H,27,32)(H,29,31)(H,30,33)/b28-14-. The van der Waals surface area contributed by atoms with Gasteiger partial charge in [0.15, 0.2) is 18.1 Å². The molecule has 0 aliphatic rings. The van der Waals surface area contributed by atoms with Crippen LogP contribution >= 0.6 is 11.6 Å². The van der Waals surface area contributed by atoms with Gasteiger partial charge in [0, 0.05) is 12.2 Å². The van der Waals surface area contributed by atoms with Gasteiger partial charge in [0.1, 0.15) is 0 Å². The van der Waals surface area contributed by atoms with Gasteiger partial charge in [-0.25, -0.2) is 5.43 Å². The number of carbonyl (C=O) groups is 3. The fraction of sp³-hybridized carbons (Fsp3) is 0.360. The number of anilines is 1. The number of carbonyl (C=O) groups excluding carboxylic acids is 3. The van der Waals surface area contributed by atoms with E-state index in [0.29, 0.717) is 30.2 Å². The van der Waals surface area contributed by atoms with Crippen LogP contribution in [0.4, 0.5) is 5.69 Å². The van der Waals surface area contributed by atoms with E-state index in [9.17, 15) is 14.4 Å². The highest BCUT2D eigenvalue weighted by Crippen LogP contribution is 2.36. The Kier molecular flexibility index (Phi) is 11.0. The molecule has 0 radical (unpaired) electrons. The number of benzene rings is 2. The van der Waals surface area contributed by atoms with Crippen LogP contribution < -0.4 is 25.5 Å². The van der Waals surface area contributed by atoms with Crippen LogP contribution in [0.5, 0.6) is 11.5 Å². The van der Waals surface area contributed by atoms with Crippen LogP contribution in [0.2, 0.25) is 5.02 Å². The first-order valence-electron chi connectivity index (χ1n) is 11.3. The van der Waals surface area contributed by atoms with Gasteiger partial charge < -0.3 is 20.1 Å². The summed E-state index contributed by atoms with van der Waals surface area (Å²) in [5.74, 6) is -1.27. The second-order valence-corrected chi connectivity index (χ2v) is 8.36. The summed E-state index contributed by atoms with van der Waals surface area (Å²) >= 11 is 6.36. The molecular formula is C25H31ClN4O5. The van der Waals surface area contributed by atoms with Crippen LogP contribution in [0.1, 0.15) is 38.8 Å². The highest BCUT2D eigenvalue weighted by molar-refractivity contribution is 6.35. The van der Waals surface area contributed by atoms with Crippen molar-refractivity contribution in [2.24, 2.45) is 11.0 Å². The normalized spacial score (nSPS) is 10.8. The van der Waals surface area contributed by atoms with Crippen LogP contribution in [0.25, 0.3) is 0 Å². The maximum atomic E-state index is 12.3. The first kappa shape index (κ1) is 27.7. The number of hydrazone groups is 1. The Morgan fingerprint density at radius 2 is 1.77 bits per heavy atom. The molecule has 2 aromatic carbocycles. The van der Waals surface area contributed by atoms with E-state index in [2.05, 4.69) is 28.1 Å². The number of hydrogen-bond acceptors (Lipinski definition) is 6. The molecule has 0 aliphatic carbocycles. The predicted octanol–water partition coefficient (Wildman–Crippen LogP) is 3.54. The summed E-state index contributed by atoms with van der Waals surface area (Å²) in [7, 11) is 0. The van der Waals surface area contributed by atoms with Gasteiger partial charge in [0.05, 0.1) is 17.8 Å². The van der Waals surface area contributed by atoms with Gasteiger partial charge in [-0.15, -0.1) is 0 Å². The number of rotatable bonds is 11. The van der Waals surface area contributed by atoms with Gasteiger partial charge in [-0.2, -0.15) is 5.10 Å². The molecule has 3 N–H and O–H groups in total. The number of amides is 3. The smallest absolute Gasteiger partial charge is 0.329 e. The number of nitrogens with one attached hydrogen (secondary N) is 3. The average molecular weight is 503 g/mol. The van der Waals surface area contributed by atoms with Crippen molar-refractivity contribution in [1.29, 1.82) is 0 Å². The van der Waals surface area contributed by atoms with Crippen molar-refractivity contribution in [3.8, 4) is 11.5 Å². The zero-order valence-corrected chi connectivity index (χ0v) is 21.1. The highest BCUT2D eigenvalue weighted by Gasteiger charge is 2.15. The molecule has 0 aliphatic heterocycles. The molecule has 0 aromatic heterocycles. The van der Waals surface area contributed by atoms with Crippen molar-refractivity contribution in [3.63, 3.8) is 0 Å². The zero-order chi connectivity index (χ0) is 25.8. The summed E-state index contributed by atoms with van der Waals surface area (Å²) in [5, 5.41) is 9.25. The Morgan fingerprint density at radius 3 is 2.40 bits per heavy atom. The second-order valence-electron chi connectivity index (χ2n) is 7.95. The van der Waals surface area contributed by atoms with Crippen molar-refractivity contribution >= 4 is 41.2 Å². The first-order valence-corrected chi connectivity index (χ1v) is 11.7. The molecule has 0 heterocycles. The zero-order valence-electron chi connectivity index (χ0n) is 20.3. The number of nitrogens with zero attached hydrogens (tertiary/aromatic N) is 1.